The molecule has 0 aliphatic heterocycles. The fraction of sp³-hybridized carbons (Fsp3) is 0.400. The maximum absolute atomic E-state index is 11.2. The van der Waals surface area contributed by atoms with E-state index >= 15 is 0 Å². The van der Waals surface area contributed by atoms with Crippen molar-refractivity contribution < 1.29 is 4.79 Å². The van der Waals surface area contributed by atoms with E-state index in [0.717, 1.165) is 0 Å². The summed E-state index contributed by atoms with van der Waals surface area (Å²) in [5.74, 6) is -0.153. The topological polar surface area (TPSA) is 64.9 Å². The van der Waals surface area contributed by atoms with Gasteiger partial charge in [-0.2, -0.15) is 5.26 Å². The molecule has 0 aromatic carbocycles. The van der Waals surface area contributed by atoms with Crippen molar-refractivity contribution in [2.45, 2.75) is 13.0 Å². The SMILES string of the molecule is CC(NCC(=O)NCC#N)c1cccs1. The molecule has 0 aliphatic rings. The van der Waals surface area contributed by atoms with Gasteiger partial charge in [-0.3, -0.25) is 4.79 Å². The van der Waals surface area contributed by atoms with E-state index < -0.39 is 0 Å². The Bertz CT molecular complexity index is 342. The summed E-state index contributed by atoms with van der Waals surface area (Å²) in [6.07, 6.45) is 0. The number of rotatable bonds is 5. The van der Waals surface area contributed by atoms with E-state index in [-0.39, 0.29) is 25.0 Å². The molecule has 1 aromatic rings. The third-order valence-electron chi connectivity index (χ3n) is 1.90. The van der Waals surface area contributed by atoms with Crippen LogP contribution in [-0.2, 0) is 4.79 Å². The van der Waals surface area contributed by atoms with Gasteiger partial charge in [0, 0.05) is 10.9 Å². The molecule has 80 valence electrons. The van der Waals surface area contributed by atoms with E-state index in [1.165, 1.54) is 4.88 Å². The number of carbonyl (C=O) groups excluding carboxylic acids is 1. The van der Waals surface area contributed by atoms with Gasteiger partial charge >= 0.3 is 0 Å². The highest BCUT2D eigenvalue weighted by Gasteiger charge is 2.07. The predicted octanol–water partition coefficient (Wildman–Crippen LogP) is 1.04. The number of thiophene rings is 1. The number of hydrogen-bond donors (Lipinski definition) is 2. The summed E-state index contributed by atoms with van der Waals surface area (Å²) >= 11 is 1.65. The second kappa shape index (κ2) is 6.17. The summed E-state index contributed by atoms with van der Waals surface area (Å²) in [4.78, 5) is 12.4. The van der Waals surface area contributed by atoms with Crippen molar-refractivity contribution in [3.63, 3.8) is 0 Å². The molecule has 0 radical (unpaired) electrons. The number of amides is 1. The second-order valence-electron chi connectivity index (χ2n) is 3.05. The van der Waals surface area contributed by atoms with Gasteiger partial charge in [-0.05, 0) is 18.4 Å². The third kappa shape index (κ3) is 4.11. The van der Waals surface area contributed by atoms with Crippen LogP contribution < -0.4 is 10.6 Å². The Hall–Kier alpha value is -1.38. The molecule has 4 nitrogen and oxygen atoms in total. The van der Waals surface area contributed by atoms with Gasteiger partial charge in [-0.25, -0.2) is 0 Å². The fourth-order valence-corrected chi connectivity index (χ4v) is 1.84. The molecule has 0 bridgehead atoms. The lowest BCUT2D eigenvalue weighted by atomic mass is 10.3. The lowest BCUT2D eigenvalue weighted by molar-refractivity contribution is -0.120. The highest BCUT2D eigenvalue weighted by atomic mass is 32.1. The van der Waals surface area contributed by atoms with Crippen LogP contribution in [0.5, 0.6) is 0 Å². The predicted molar refractivity (Wildman–Crippen MR) is 59.4 cm³/mol. The summed E-state index contributed by atoms with van der Waals surface area (Å²) in [5.41, 5.74) is 0. The zero-order chi connectivity index (χ0) is 11.1. The normalized spacial score (nSPS) is 11.7. The van der Waals surface area contributed by atoms with E-state index in [0.29, 0.717) is 0 Å². The molecule has 0 aliphatic carbocycles. The van der Waals surface area contributed by atoms with Gasteiger partial charge in [0.25, 0.3) is 0 Å². The van der Waals surface area contributed by atoms with Crippen LogP contribution in [0.15, 0.2) is 17.5 Å². The van der Waals surface area contributed by atoms with Gasteiger partial charge in [0.05, 0.1) is 12.6 Å². The Labute approximate surface area is 92.9 Å². The summed E-state index contributed by atoms with van der Waals surface area (Å²) in [6, 6.07) is 6.02. The minimum Gasteiger partial charge on any atom is -0.342 e. The number of nitrogens with one attached hydrogen (secondary N) is 2. The van der Waals surface area contributed by atoms with Crippen LogP contribution in [0.4, 0.5) is 0 Å². The number of carbonyl (C=O) groups is 1. The third-order valence-corrected chi connectivity index (χ3v) is 2.96. The summed E-state index contributed by atoms with van der Waals surface area (Å²) < 4.78 is 0. The monoisotopic (exact) mass is 223 g/mol. The average molecular weight is 223 g/mol. The first kappa shape index (κ1) is 11.7. The van der Waals surface area contributed by atoms with Gasteiger partial charge in [0.1, 0.15) is 6.54 Å². The van der Waals surface area contributed by atoms with Crippen molar-refractivity contribution in [1.29, 1.82) is 5.26 Å². The van der Waals surface area contributed by atoms with Crippen LogP contribution in [0.2, 0.25) is 0 Å². The number of hydrogen-bond acceptors (Lipinski definition) is 4. The Balaban J connectivity index is 2.26. The van der Waals surface area contributed by atoms with Crippen LogP contribution in [0.3, 0.4) is 0 Å². The second-order valence-corrected chi connectivity index (χ2v) is 4.03. The van der Waals surface area contributed by atoms with Crippen molar-refractivity contribution in [3.8, 4) is 6.07 Å². The molecule has 1 unspecified atom stereocenters. The molecule has 2 N–H and O–H groups in total. The van der Waals surface area contributed by atoms with Gasteiger partial charge in [0.15, 0.2) is 0 Å². The molecule has 1 atom stereocenters. The Morgan fingerprint density at radius 3 is 3.13 bits per heavy atom. The van der Waals surface area contributed by atoms with Crippen molar-refractivity contribution in [1.82, 2.24) is 10.6 Å². The molecule has 1 rings (SSSR count). The van der Waals surface area contributed by atoms with Crippen LogP contribution in [0, 0.1) is 11.3 Å². The maximum Gasteiger partial charge on any atom is 0.234 e. The van der Waals surface area contributed by atoms with Crippen molar-refractivity contribution >= 4 is 17.2 Å². The summed E-state index contributed by atoms with van der Waals surface area (Å²) in [5, 5.41) is 15.8. The van der Waals surface area contributed by atoms with Gasteiger partial charge in [-0.1, -0.05) is 6.07 Å². The smallest absolute Gasteiger partial charge is 0.234 e. The minimum absolute atomic E-state index is 0.0634. The molecule has 0 saturated heterocycles. The fourth-order valence-electron chi connectivity index (χ4n) is 1.08. The molecule has 0 fully saturated rings. The quantitative estimate of drug-likeness (QED) is 0.733. The van der Waals surface area contributed by atoms with Crippen LogP contribution in [0.25, 0.3) is 0 Å². The molecule has 5 heteroatoms. The summed E-state index contributed by atoms with van der Waals surface area (Å²) in [7, 11) is 0. The molecule has 1 heterocycles. The lowest BCUT2D eigenvalue weighted by Crippen LogP contribution is -2.34. The minimum atomic E-state index is -0.153. The zero-order valence-corrected chi connectivity index (χ0v) is 9.30. The van der Waals surface area contributed by atoms with Crippen LogP contribution in [-0.4, -0.2) is 19.0 Å². The molecule has 1 aromatic heterocycles. The van der Waals surface area contributed by atoms with Crippen LogP contribution in [0.1, 0.15) is 17.8 Å². The first-order valence-electron chi connectivity index (χ1n) is 4.64. The molecular formula is C10H13N3OS. The standard InChI is InChI=1S/C10H13N3OS/c1-8(9-3-2-6-15-9)13-7-10(14)12-5-4-11/h2-3,6,8,13H,5,7H2,1H3,(H,12,14). The molecule has 1 amide bonds. The highest BCUT2D eigenvalue weighted by Crippen LogP contribution is 2.17. The maximum atomic E-state index is 11.2. The highest BCUT2D eigenvalue weighted by molar-refractivity contribution is 7.10. The van der Waals surface area contributed by atoms with Crippen molar-refractivity contribution in [2.24, 2.45) is 0 Å². The largest absolute Gasteiger partial charge is 0.342 e. The van der Waals surface area contributed by atoms with Crippen LogP contribution >= 0.6 is 11.3 Å². The summed E-state index contributed by atoms with van der Waals surface area (Å²) in [6.45, 7) is 2.30. The number of nitriles is 1. The molecule has 15 heavy (non-hydrogen) atoms. The van der Waals surface area contributed by atoms with Crippen molar-refractivity contribution in [2.75, 3.05) is 13.1 Å². The van der Waals surface area contributed by atoms with E-state index in [2.05, 4.69) is 10.6 Å². The van der Waals surface area contributed by atoms with E-state index in [1.54, 1.807) is 11.3 Å². The van der Waals surface area contributed by atoms with E-state index in [9.17, 15) is 4.79 Å². The van der Waals surface area contributed by atoms with E-state index in [1.807, 2.05) is 30.5 Å². The lowest BCUT2D eigenvalue weighted by Gasteiger charge is -2.10. The van der Waals surface area contributed by atoms with Gasteiger partial charge in [-0.15, -0.1) is 11.3 Å². The zero-order valence-electron chi connectivity index (χ0n) is 8.49. The molecule has 0 spiro atoms. The Morgan fingerprint density at radius 2 is 2.53 bits per heavy atom. The Kier molecular flexibility index (Phi) is 4.81. The molecular weight excluding hydrogens is 210 g/mol. The Morgan fingerprint density at radius 1 is 1.73 bits per heavy atom. The van der Waals surface area contributed by atoms with Gasteiger partial charge < -0.3 is 10.6 Å². The first-order valence-corrected chi connectivity index (χ1v) is 5.52. The van der Waals surface area contributed by atoms with E-state index in [4.69, 9.17) is 5.26 Å². The van der Waals surface area contributed by atoms with Crippen molar-refractivity contribution in [3.05, 3.63) is 22.4 Å². The average Bonchev–Trinajstić information content (AvgIpc) is 2.76. The first-order chi connectivity index (χ1) is 7.24. The number of nitrogens with zero attached hydrogens (tertiary/aromatic N) is 1. The van der Waals surface area contributed by atoms with Gasteiger partial charge in [0.2, 0.25) is 5.91 Å². The molecule has 0 saturated carbocycles.